The van der Waals surface area contributed by atoms with Gasteiger partial charge in [-0.1, -0.05) is 71.7 Å². The van der Waals surface area contributed by atoms with Gasteiger partial charge in [0.05, 0.1) is 16.8 Å². The molecule has 1 aliphatic rings. The minimum Gasteiger partial charge on any atom is -0.352 e. The summed E-state index contributed by atoms with van der Waals surface area (Å²) in [6.07, 6.45) is 0. The third-order valence-corrected chi connectivity index (χ3v) is 7.75. The van der Waals surface area contributed by atoms with E-state index in [0.717, 1.165) is 16.9 Å². The van der Waals surface area contributed by atoms with Crippen LogP contribution in [0.1, 0.15) is 28.9 Å². The zero-order valence-corrected chi connectivity index (χ0v) is 23.6. The van der Waals surface area contributed by atoms with Crippen LogP contribution < -0.4 is 4.90 Å². The third kappa shape index (κ3) is 6.27. The second-order valence-electron chi connectivity index (χ2n) is 9.65. The maximum atomic E-state index is 13.6. The number of piperazine rings is 1. The van der Waals surface area contributed by atoms with Gasteiger partial charge in [0, 0.05) is 42.3 Å². The van der Waals surface area contributed by atoms with E-state index in [0.29, 0.717) is 47.5 Å². The van der Waals surface area contributed by atoms with Gasteiger partial charge in [0.25, 0.3) is 5.91 Å². The van der Waals surface area contributed by atoms with Crippen LogP contribution in [0.4, 0.5) is 5.82 Å². The molecule has 0 saturated carbocycles. The lowest BCUT2D eigenvalue weighted by atomic mass is 10.1. The molecule has 3 aromatic carbocycles. The number of amides is 2. The van der Waals surface area contributed by atoms with Crippen molar-refractivity contribution >= 4 is 40.8 Å². The van der Waals surface area contributed by atoms with Crippen molar-refractivity contribution in [2.24, 2.45) is 0 Å². The Hall–Kier alpha value is -3.94. The first kappa shape index (κ1) is 27.6. The van der Waals surface area contributed by atoms with Crippen LogP contribution >= 0.6 is 23.2 Å². The van der Waals surface area contributed by atoms with Gasteiger partial charge in [-0.15, -0.1) is 10.2 Å². The third-order valence-electron chi connectivity index (χ3n) is 7.16. The molecule has 2 amide bonds. The lowest BCUT2D eigenvalue weighted by Crippen LogP contribution is -2.52. The van der Waals surface area contributed by atoms with Gasteiger partial charge < -0.3 is 14.7 Å². The molecule has 5 rings (SSSR count). The Kier molecular flexibility index (Phi) is 8.63. The van der Waals surface area contributed by atoms with Crippen molar-refractivity contribution in [3.05, 3.63) is 112 Å². The highest BCUT2D eigenvalue weighted by molar-refractivity contribution is 6.33. The molecule has 204 valence electrons. The number of carbonyl (C=O) groups is 2. The van der Waals surface area contributed by atoms with Crippen LogP contribution in [0.15, 0.2) is 91.0 Å². The first-order chi connectivity index (χ1) is 19.4. The summed E-state index contributed by atoms with van der Waals surface area (Å²) < 4.78 is 0. The fourth-order valence-electron chi connectivity index (χ4n) is 4.79. The molecule has 1 aromatic heterocycles. The van der Waals surface area contributed by atoms with Crippen LogP contribution in [-0.2, 0) is 4.79 Å². The number of rotatable bonds is 7. The lowest BCUT2D eigenvalue weighted by molar-refractivity contribution is -0.132. The molecule has 0 spiro atoms. The van der Waals surface area contributed by atoms with E-state index in [1.807, 2.05) is 78.6 Å². The van der Waals surface area contributed by atoms with Gasteiger partial charge in [-0.05, 0) is 55.0 Å². The number of anilines is 1. The van der Waals surface area contributed by atoms with Crippen molar-refractivity contribution in [2.45, 2.75) is 13.0 Å². The number of nitrogens with zero attached hydrogens (tertiary/aromatic N) is 5. The van der Waals surface area contributed by atoms with Gasteiger partial charge in [0.15, 0.2) is 5.82 Å². The summed E-state index contributed by atoms with van der Waals surface area (Å²) in [5, 5.41) is 9.96. The minimum absolute atomic E-state index is 0.0240. The number of benzene rings is 3. The Balaban J connectivity index is 1.25. The number of aromatic nitrogens is 2. The molecule has 4 aromatic rings. The molecule has 0 radical (unpaired) electrons. The molecule has 40 heavy (non-hydrogen) atoms. The fraction of sp³-hybridized carbons (Fsp3) is 0.226. The Morgan fingerprint density at radius 2 is 1.50 bits per heavy atom. The maximum Gasteiger partial charge on any atom is 0.254 e. The zero-order valence-electron chi connectivity index (χ0n) is 22.1. The van der Waals surface area contributed by atoms with Crippen molar-refractivity contribution in [1.29, 1.82) is 0 Å². The molecule has 0 N–H and O–H groups in total. The minimum atomic E-state index is -0.290. The quantitative estimate of drug-likeness (QED) is 0.271. The summed E-state index contributed by atoms with van der Waals surface area (Å²) in [6.45, 7) is 4.20. The molecule has 1 aliphatic heterocycles. The van der Waals surface area contributed by atoms with Gasteiger partial charge in [0.1, 0.15) is 6.54 Å². The molecule has 0 aliphatic carbocycles. The van der Waals surface area contributed by atoms with E-state index in [9.17, 15) is 9.59 Å². The molecule has 1 atom stereocenters. The average molecular weight is 575 g/mol. The predicted octanol–water partition coefficient (Wildman–Crippen LogP) is 6.00. The van der Waals surface area contributed by atoms with Crippen molar-refractivity contribution in [3.8, 4) is 11.3 Å². The van der Waals surface area contributed by atoms with Gasteiger partial charge in [-0.3, -0.25) is 9.59 Å². The summed E-state index contributed by atoms with van der Waals surface area (Å²) in [6, 6.07) is 27.6. The summed E-state index contributed by atoms with van der Waals surface area (Å²) in [4.78, 5) is 32.6. The molecule has 2 heterocycles. The first-order valence-electron chi connectivity index (χ1n) is 13.1. The second kappa shape index (κ2) is 12.5. The summed E-state index contributed by atoms with van der Waals surface area (Å²) >= 11 is 12.3. The molecule has 1 fully saturated rings. The van der Waals surface area contributed by atoms with Gasteiger partial charge in [-0.2, -0.15) is 0 Å². The monoisotopic (exact) mass is 573 g/mol. The zero-order chi connectivity index (χ0) is 28.1. The van der Waals surface area contributed by atoms with Crippen LogP contribution in [0.5, 0.6) is 0 Å². The van der Waals surface area contributed by atoms with E-state index in [-0.39, 0.29) is 24.4 Å². The van der Waals surface area contributed by atoms with E-state index < -0.39 is 0 Å². The molecular formula is C31H29Cl2N5O2. The number of hydrogen-bond donors (Lipinski definition) is 0. The van der Waals surface area contributed by atoms with E-state index in [1.165, 1.54) is 0 Å². The SMILES string of the molecule is CC(c1ccccc1)N(CC(=O)N1CCN(c2ccc(-c3ccccc3Cl)nn2)CC1)C(=O)c1ccc(Cl)cc1. The Morgan fingerprint density at radius 1 is 0.825 bits per heavy atom. The highest BCUT2D eigenvalue weighted by Gasteiger charge is 2.29. The molecular weight excluding hydrogens is 545 g/mol. The second-order valence-corrected chi connectivity index (χ2v) is 10.5. The highest BCUT2D eigenvalue weighted by atomic mass is 35.5. The van der Waals surface area contributed by atoms with Crippen LogP contribution in [0, 0.1) is 0 Å². The molecule has 0 bridgehead atoms. The standard InChI is InChI=1S/C31H29Cl2N5O2/c1-22(23-7-3-2-4-8-23)38(31(40)24-11-13-25(32)14-12-24)21-30(39)37-19-17-36(18-20-37)29-16-15-28(34-35-29)26-9-5-6-10-27(26)33/h2-16,22H,17-21H2,1H3. The van der Waals surface area contributed by atoms with Crippen LogP contribution in [0.25, 0.3) is 11.3 Å². The fourth-order valence-corrected chi connectivity index (χ4v) is 5.15. The molecule has 1 saturated heterocycles. The number of hydrogen-bond acceptors (Lipinski definition) is 5. The van der Waals surface area contributed by atoms with Gasteiger partial charge in [-0.25, -0.2) is 0 Å². The first-order valence-corrected chi connectivity index (χ1v) is 13.9. The van der Waals surface area contributed by atoms with Crippen molar-refractivity contribution in [2.75, 3.05) is 37.6 Å². The largest absolute Gasteiger partial charge is 0.352 e. The van der Waals surface area contributed by atoms with E-state index in [4.69, 9.17) is 23.2 Å². The molecule has 1 unspecified atom stereocenters. The Morgan fingerprint density at radius 3 is 2.15 bits per heavy atom. The summed E-state index contributed by atoms with van der Waals surface area (Å²) in [5.41, 5.74) is 2.99. The normalized spacial score (nSPS) is 14.1. The highest BCUT2D eigenvalue weighted by Crippen LogP contribution is 2.27. The number of carbonyl (C=O) groups excluding carboxylic acids is 2. The van der Waals surface area contributed by atoms with E-state index >= 15 is 0 Å². The average Bonchev–Trinajstić information content (AvgIpc) is 3.00. The smallest absolute Gasteiger partial charge is 0.254 e. The van der Waals surface area contributed by atoms with Crippen molar-refractivity contribution in [3.63, 3.8) is 0 Å². The topological polar surface area (TPSA) is 69.6 Å². The van der Waals surface area contributed by atoms with Crippen molar-refractivity contribution in [1.82, 2.24) is 20.0 Å². The molecule has 7 nitrogen and oxygen atoms in total. The Bertz CT molecular complexity index is 1460. The summed E-state index contributed by atoms with van der Waals surface area (Å²) in [5.74, 6) is 0.443. The maximum absolute atomic E-state index is 13.6. The van der Waals surface area contributed by atoms with Crippen LogP contribution in [0.3, 0.4) is 0 Å². The van der Waals surface area contributed by atoms with Crippen LogP contribution in [-0.4, -0.2) is 64.5 Å². The van der Waals surface area contributed by atoms with Crippen molar-refractivity contribution < 1.29 is 9.59 Å². The van der Waals surface area contributed by atoms with E-state index in [2.05, 4.69) is 15.1 Å². The number of halogens is 2. The lowest BCUT2D eigenvalue weighted by Gasteiger charge is -2.37. The van der Waals surface area contributed by atoms with Crippen LogP contribution in [0.2, 0.25) is 10.0 Å². The van der Waals surface area contributed by atoms with Gasteiger partial charge in [0.2, 0.25) is 5.91 Å². The van der Waals surface area contributed by atoms with Gasteiger partial charge >= 0.3 is 0 Å². The van der Waals surface area contributed by atoms with E-state index in [1.54, 1.807) is 29.2 Å². The molecule has 9 heteroatoms. The Labute approximate surface area is 243 Å². The summed E-state index contributed by atoms with van der Waals surface area (Å²) in [7, 11) is 0. The predicted molar refractivity (Wildman–Crippen MR) is 159 cm³/mol.